The standard InChI is InChI=1S/C5H11ClN2/c6-5-1-4(2-7)3-8-5/h4-5,8H,1-3,7H2. The quantitative estimate of drug-likeness (QED) is 0.395. The minimum atomic E-state index is 0.170. The van der Waals surface area contributed by atoms with E-state index in [-0.39, 0.29) is 5.50 Å². The van der Waals surface area contributed by atoms with Gasteiger partial charge >= 0.3 is 0 Å². The SMILES string of the molecule is NCC1CNC(Cl)C1. The van der Waals surface area contributed by atoms with Crippen molar-refractivity contribution in [1.29, 1.82) is 0 Å². The highest BCUT2D eigenvalue weighted by molar-refractivity contribution is 6.20. The lowest BCUT2D eigenvalue weighted by atomic mass is 10.1. The summed E-state index contributed by atoms with van der Waals surface area (Å²) in [6, 6.07) is 0. The van der Waals surface area contributed by atoms with Crippen LogP contribution in [0.4, 0.5) is 0 Å². The van der Waals surface area contributed by atoms with E-state index < -0.39 is 0 Å². The average Bonchev–Trinajstić information content (AvgIpc) is 2.14. The second-order valence-corrected chi connectivity index (χ2v) is 2.74. The molecule has 0 aromatic carbocycles. The van der Waals surface area contributed by atoms with Gasteiger partial charge in [0.2, 0.25) is 0 Å². The third kappa shape index (κ3) is 1.34. The van der Waals surface area contributed by atoms with Gasteiger partial charge in [0.1, 0.15) is 0 Å². The number of hydrogen-bond acceptors (Lipinski definition) is 2. The highest BCUT2D eigenvalue weighted by atomic mass is 35.5. The molecule has 3 heteroatoms. The molecule has 2 atom stereocenters. The first kappa shape index (κ1) is 6.33. The lowest BCUT2D eigenvalue weighted by Crippen LogP contribution is -2.17. The summed E-state index contributed by atoms with van der Waals surface area (Å²) in [6.45, 7) is 1.75. The van der Waals surface area contributed by atoms with E-state index in [0.717, 1.165) is 19.5 Å². The van der Waals surface area contributed by atoms with Crippen LogP contribution in [0.5, 0.6) is 0 Å². The van der Waals surface area contributed by atoms with Crippen molar-refractivity contribution in [2.75, 3.05) is 13.1 Å². The van der Waals surface area contributed by atoms with Crippen molar-refractivity contribution >= 4 is 11.6 Å². The van der Waals surface area contributed by atoms with Gasteiger partial charge in [0.25, 0.3) is 0 Å². The highest BCUT2D eigenvalue weighted by Crippen LogP contribution is 2.14. The van der Waals surface area contributed by atoms with Gasteiger partial charge in [0, 0.05) is 6.54 Å². The predicted octanol–water partition coefficient (Wildman–Crippen LogP) is 0.119. The van der Waals surface area contributed by atoms with Crippen LogP contribution < -0.4 is 11.1 Å². The van der Waals surface area contributed by atoms with E-state index >= 15 is 0 Å². The molecule has 0 aliphatic carbocycles. The fraction of sp³-hybridized carbons (Fsp3) is 1.00. The molecule has 1 aliphatic rings. The summed E-state index contributed by atoms with van der Waals surface area (Å²) in [5.74, 6) is 0.609. The van der Waals surface area contributed by atoms with Crippen LogP contribution in [-0.2, 0) is 0 Å². The Morgan fingerprint density at radius 3 is 2.75 bits per heavy atom. The van der Waals surface area contributed by atoms with Crippen molar-refractivity contribution in [3.8, 4) is 0 Å². The lowest BCUT2D eigenvalue weighted by molar-refractivity contribution is 0.593. The second kappa shape index (κ2) is 2.67. The molecule has 3 N–H and O–H groups in total. The first-order chi connectivity index (χ1) is 3.83. The molecular formula is C5H11ClN2. The van der Waals surface area contributed by atoms with Crippen LogP contribution >= 0.6 is 11.6 Å². The van der Waals surface area contributed by atoms with E-state index in [9.17, 15) is 0 Å². The van der Waals surface area contributed by atoms with Crippen molar-refractivity contribution in [3.05, 3.63) is 0 Å². The number of hydrogen-bond donors (Lipinski definition) is 2. The Morgan fingerprint density at radius 1 is 1.75 bits per heavy atom. The van der Waals surface area contributed by atoms with E-state index in [1.165, 1.54) is 0 Å². The minimum Gasteiger partial charge on any atom is -0.330 e. The third-order valence-corrected chi connectivity index (χ3v) is 1.83. The van der Waals surface area contributed by atoms with Crippen LogP contribution in [0.15, 0.2) is 0 Å². The monoisotopic (exact) mass is 134 g/mol. The van der Waals surface area contributed by atoms with Gasteiger partial charge in [0.15, 0.2) is 0 Å². The molecule has 0 aromatic heterocycles. The van der Waals surface area contributed by atoms with Crippen molar-refractivity contribution in [2.24, 2.45) is 11.7 Å². The molecule has 0 radical (unpaired) electrons. The molecule has 1 rings (SSSR count). The van der Waals surface area contributed by atoms with Crippen LogP contribution in [0.2, 0.25) is 0 Å². The number of rotatable bonds is 1. The molecule has 1 aliphatic heterocycles. The second-order valence-electron chi connectivity index (χ2n) is 2.21. The molecule has 0 bridgehead atoms. The molecule has 8 heavy (non-hydrogen) atoms. The molecule has 0 saturated carbocycles. The Labute approximate surface area is 54.4 Å². The van der Waals surface area contributed by atoms with E-state index in [0.29, 0.717) is 5.92 Å². The zero-order chi connectivity index (χ0) is 5.98. The van der Waals surface area contributed by atoms with Gasteiger partial charge in [-0.25, -0.2) is 0 Å². The lowest BCUT2D eigenvalue weighted by Gasteiger charge is -1.99. The van der Waals surface area contributed by atoms with Crippen molar-refractivity contribution < 1.29 is 0 Å². The summed E-state index contributed by atoms with van der Waals surface area (Å²) in [7, 11) is 0. The molecule has 1 heterocycles. The summed E-state index contributed by atoms with van der Waals surface area (Å²) < 4.78 is 0. The van der Waals surface area contributed by atoms with Gasteiger partial charge in [-0.1, -0.05) is 0 Å². The highest BCUT2D eigenvalue weighted by Gasteiger charge is 2.19. The van der Waals surface area contributed by atoms with E-state index in [1.807, 2.05) is 0 Å². The Bertz CT molecular complexity index is 76.8. The molecule has 0 spiro atoms. The molecule has 2 nitrogen and oxygen atoms in total. The largest absolute Gasteiger partial charge is 0.330 e. The topological polar surface area (TPSA) is 38.0 Å². The number of alkyl halides is 1. The average molecular weight is 135 g/mol. The molecule has 0 amide bonds. The maximum absolute atomic E-state index is 5.72. The summed E-state index contributed by atoms with van der Waals surface area (Å²) >= 11 is 5.72. The Kier molecular flexibility index (Phi) is 2.11. The van der Waals surface area contributed by atoms with Crippen molar-refractivity contribution in [3.63, 3.8) is 0 Å². The molecule has 48 valence electrons. The maximum atomic E-state index is 5.72. The zero-order valence-electron chi connectivity index (χ0n) is 4.73. The molecular weight excluding hydrogens is 124 g/mol. The Hall–Kier alpha value is 0.210. The molecule has 1 fully saturated rings. The van der Waals surface area contributed by atoms with Gasteiger partial charge in [-0.3, -0.25) is 0 Å². The number of nitrogens with one attached hydrogen (secondary N) is 1. The van der Waals surface area contributed by atoms with Crippen molar-refractivity contribution in [1.82, 2.24) is 5.32 Å². The fourth-order valence-corrected chi connectivity index (χ4v) is 1.27. The maximum Gasteiger partial charge on any atom is 0.0829 e. The Balaban J connectivity index is 2.22. The minimum absolute atomic E-state index is 0.170. The zero-order valence-corrected chi connectivity index (χ0v) is 5.49. The Morgan fingerprint density at radius 2 is 2.50 bits per heavy atom. The van der Waals surface area contributed by atoms with E-state index in [2.05, 4.69) is 5.32 Å². The van der Waals surface area contributed by atoms with Gasteiger partial charge in [-0.15, -0.1) is 11.6 Å². The van der Waals surface area contributed by atoms with Crippen molar-refractivity contribution in [2.45, 2.75) is 11.9 Å². The molecule has 1 saturated heterocycles. The fourth-order valence-electron chi connectivity index (χ4n) is 0.933. The van der Waals surface area contributed by atoms with Gasteiger partial charge in [-0.2, -0.15) is 0 Å². The van der Waals surface area contributed by atoms with Crippen LogP contribution in [0.1, 0.15) is 6.42 Å². The van der Waals surface area contributed by atoms with Gasteiger partial charge in [0.05, 0.1) is 5.50 Å². The smallest absolute Gasteiger partial charge is 0.0829 e. The first-order valence-electron chi connectivity index (χ1n) is 2.90. The van der Waals surface area contributed by atoms with Gasteiger partial charge in [-0.05, 0) is 18.9 Å². The molecule has 0 aromatic rings. The number of nitrogens with two attached hydrogens (primary N) is 1. The summed E-state index contributed by atoms with van der Waals surface area (Å²) in [5.41, 5.74) is 5.57. The van der Waals surface area contributed by atoms with E-state index in [4.69, 9.17) is 17.3 Å². The van der Waals surface area contributed by atoms with Crippen LogP contribution in [0, 0.1) is 5.92 Å². The van der Waals surface area contributed by atoms with Crippen LogP contribution in [0.3, 0.4) is 0 Å². The summed E-state index contributed by atoms with van der Waals surface area (Å²) in [6.07, 6.45) is 1.03. The number of halogens is 1. The van der Waals surface area contributed by atoms with Crippen LogP contribution in [-0.4, -0.2) is 18.6 Å². The summed E-state index contributed by atoms with van der Waals surface area (Å²) in [5, 5.41) is 3.11. The normalized spacial score (nSPS) is 38.2. The molecule has 2 unspecified atom stereocenters. The third-order valence-electron chi connectivity index (χ3n) is 1.50. The van der Waals surface area contributed by atoms with Crippen LogP contribution in [0.25, 0.3) is 0 Å². The van der Waals surface area contributed by atoms with Gasteiger partial charge < -0.3 is 11.1 Å². The summed E-state index contributed by atoms with van der Waals surface area (Å²) in [4.78, 5) is 0. The van der Waals surface area contributed by atoms with E-state index in [1.54, 1.807) is 0 Å². The predicted molar refractivity (Wildman–Crippen MR) is 34.8 cm³/mol. The first-order valence-corrected chi connectivity index (χ1v) is 3.34.